The van der Waals surface area contributed by atoms with Crippen LogP contribution in [0.15, 0.2) is 24.3 Å². The third kappa shape index (κ3) is 3.02. The molecule has 4 heteroatoms. The summed E-state index contributed by atoms with van der Waals surface area (Å²) in [6, 6.07) is 7.92. The predicted octanol–water partition coefficient (Wildman–Crippen LogP) is 2.05. The van der Waals surface area contributed by atoms with Crippen LogP contribution in [0.25, 0.3) is 0 Å². The molecule has 20 heavy (non-hydrogen) atoms. The maximum absolute atomic E-state index is 12.5. The highest BCUT2D eigenvalue weighted by atomic mass is 16.5. The van der Waals surface area contributed by atoms with Crippen molar-refractivity contribution in [2.45, 2.75) is 19.4 Å². The van der Waals surface area contributed by atoms with Crippen LogP contribution < -0.4 is 4.90 Å². The highest BCUT2D eigenvalue weighted by Gasteiger charge is 2.30. The molecule has 0 N–H and O–H groups in total. The van der Waals surface area contributed by atoms with Gasteiger partial charge < -0.3 is 9.64 Å². The smallest absolute Gasteiger partial charge is 0.182 e. The van der Waals surface area contributed by atoms with E-state index in [0.717, 1.165) is 37.6 Å². The average Bonchev–Trinajstić information content (AvgIpc) is 2.47. The molecule has 4 nitrogen and oxygen atoms in total. The van der Waals surface area contributed by atoms with Crippen molar-refractivity contribution in [3.8, 4) is 0 Å². The Morgan fingerprint density at radius 3 is 2.20 bits per heavy atom. The van der Waals surface area contributed by atoms with Gasteiger partial charge in [0.15, 0.2) is 5.78 Å². The zero-order valence-electron chi connectivity index (χ0n) is 12.8. The number of likely N-dealkylation sites (N-methyl/N-ethyl adjacent to an activating group) is 1. The first-order valence-corrected chi connectivity index (χ1v) is 7.08. The van der Waals surface area contributed by atoms with Gasteiger partial charge in [0.25, 0.3) is 0 Å². The van der Waals surface area contributed by atoms with E-state index in [9.17, 15) is 4.79 Å². The number of anilines is 1. The third-order valence-electron chi connectivity index (χ3n) is 4.18. The van der Waals surface area contributed by atoms with E-state index in [4.69, 9.17) is 4.74 Å². The first-order chi connectivity index (χ1) is 9.43. The molecule has 0 unspecified atom stereocenters. The zero-order chi connectivity index (χ0) is 14.8. The van der Waals surface area contributed by atoms with Crippen LogP contribution in [-0.2, 0) is 4.74 Å². The van der Waals surface area contributed by atoms with Crippen LogP contribution in [0.5, 0.6) is 0 Å². The Hall–Kier alpha value is -1.39. The number of hydrogen-bond acceptors (Lipinski definition) is 4. The van der Waals surface area contributed by atoms with Crippen molar-refractivity contribution in [3.05, 3.63) is 29.8 Å². The Morgan fingerprint density at radius 2 is 1.70 bits per heavy atom. The van der Waals surface area contributed by atoms with Gasteiger partial charge in [0.1, 0.15) is 0 Å². The van der Waals surface area contributed by atoms with Crippen LogP contribution >= 0.6 is 0 Å². The van der Waals surface area contributed by atoms with Crippen LogP contribution in [0.2, 0.25) is 0 Å². The summed E-state index contributed by atoms with van der Waals surface area (Å²) in [6.07, 6.45) is 0. The maximum Gasteiger partial charge on any atom is 0.182 e. The molecule has 1 heterocycles. The molecular formula is C16H24N2O2. The fourth-order valence-corrected chi connectivity index (χ4v) is 2.20. The van der Waals surface area contributed by atoms with Crippen molar-refractivity contribution in [1.82, 2.24) is 4.90 Å². The van der Waals surface area contributed by atoms with Gasteiger partial charge >= 0.3 is 0 Å². The number of carbonyl (C=O) groups excluding carboxylic acids is 1. The lowest BCUT2D eigenvalue weighted by Crippen LogP contribution is -2.45. The normalized spacial score (nSPS) is 16.6. The van der Waals surface area contributed by atoms with Crippen molar-refractivity contribution < 1.29 is 9.53 Å². The number of carbonyl (C=O) groups is 1. The summed E-state index contributed by atoms with van der Waals surface area (Å²) >= 11 is 0. The zero-order valence-corrected chi connectivity index (χ0v) is 12.8. The monoisotopic (exact) mass is 276 g/mol. The number of nitrogens with zero attached hydrogens (tertiary/aromatic N) is 2. The molecule has 1 fully saturated rings. The number of morpholine rings is 1. The van der Waals surface area contributed by atoms with E-state index in [1.807, 2.05) is 57.1 Å². The first kappa shape index (κ1) is 15.0. The number of Topliss-reactive ketones (excluding diaryl/α,β-unsaturated/α-hetero) is 1. The number of rotatable bonds is 4. The Balaban J connectivity index is 2.13. The molecular weight excluding hydrogens is 252 g/mol. The maximum atomic E-state index is 12.5. The molecule has 0 atom stereocenters. The summed E-state index contributed by atoms with van der Waals surface area (Å²) in [5, 5.41) is 0. The van der Waals surface area contributed by atoms with Crippen molar-refractivity contribution in [2.24, 2.45) is 0 Å². The van der Waals surface area contributed by atoms with Gasteiger partial charge in [0.2, 0.25) is 0 Å². The Morgan fingerprint density at radius 1 is 1.15 bits per heavy atom. The fourth-order valence-electron chi connectivity index (χ4n) is 2.20. The SMILES string of the molecule is CN(C)C(C)(C)C(=O)c1ccc(N2CCOCC2)cc1. The molecule has 0 amide bonds. The molecule has 0 aromatic heterocycles. The second-order valence-corrected chi connectivity index (χ2v) is 5.93. The lowest BCUT2D eigenvalue weighted by atomic mass is 9.92. The van der Waals surface area contributed by atoms with Gasteiger partial charge in [0.05, 0.1) is 18.8 Å². The number of hydrogen-bond donors (Lipinski definition) is 0. The molecule has 0 aliphatic carbocycles. The van der Waals surface area contributed by atoms with Gasteiger partial charge in [-0.2, -0.15) is 0 Å². The van der Waals surface area contributed by atoms with Gasteiger partial charge in [-0.25, -0.2) is 0 Å². The molecule has 1 aliphatic rings. The Labute approximate surface area is 121 Å². The number of ketones is 1. The summed E-state index contributed by atoms with van der Waals surface area (Å²) in [5.74, 6) is 0.149. The van der Waals surface area contributed by atoms with Crippen molar-refractivity contribution in [2.75, 3.05) is 45.3 Å². The Kier molecular flexibility index (Phi) is 4.45. The quantitative estimate of drug-likeness (QED) is 0.788. The van der Waals surface area contributed by atoms with Crippen LogP contribution in [0.1, 0.15) is 24.2 Å². The molecule has 1 aliphatic heterocycles. The van der Waals surface area contributed by atoms with E-state index in [0.29, 0.717) is 0 Å². The van der Waals surface area contributed by atoms with Crippen LogP contribution in [-0.4, -0.2) is 56.6 Å². The van der Waals surface area contributed by atoms with E-state index in [2.05, 4.69) is 4.90 Å². The summed E-state index contributed by atoms with van der Waals surface area (Å²) in [5.41, 5.74) is 1.44. The molecule has 0 radical (unpaired) electrons. The highest BCUT2D eigenvalue weighted by Crippen LogP contribution is 2.21. The Bertz CT molecular complexity index is 460. The summed E-state index contributed by atoms with van der Waals surface area (Å²) < 4.78 is 5.35. The molecule has 0 spiro atoms. The minimum atomic E-state index is -0.486. The van der Waals surface area contributed by atoms with Gasteiger partial charge in [-0.05, 0) is 52.2 Å². The lowest BCUT2D eigenvalue weighted by Gasteiger charge is -2.31. The van der Waals surface area contributed by atoms with E-state index in [-0.39, 0.29) is 5.78 Å². The number of ether oxygens (including phenoxy) is 1. The molecule has 1 saturated heterocycles. The van der Waals surface area contributed by atoms with Crippen LogP contribution in [0, 0.1) is 0 Å². The topological polar surface area (TPSA) is 32.8 Å². The standard InChI is InChI=1S/C16H24N2O2/c1-16(2,17(3)4)15(19)13-5-7-14(8-6-13)18-9-11-20-12-10-18/h5-8H,9-12H2,1-4H3. The van der Waals surface area contributed by atoms with E-state index < -0.39 is 5.54 Å². The van der Waals surface area contributed by atoms with Crippen LogP contribution in [0.4, 0.5) is 5.69 Å². The summed E-state index contributed by atoms with van der Waals surface area (Å²) in [7, 11) is 3.86. The van der Waals surface area contributed by atoms with E-state index in [1.165, 1.54) is 0 Å². The molecule has 0 bridgehead atoms. The minimum absolute atomic E-state index is 0.149. The molecule has 0 saturated carbocycles. The van der Waals surface area contributed by atoms with Crippen LogP contribution in [0.3, 0.4) is 0 Å². The second-order valence-electron chi connectivity index (χ2n) is 5.93. The molecule has 110 valence electrons. The summed E-state index contributed by atoms with van der Waals surface area (Å²) in [4.78, 5) is 16.8. The fraction of sp³-hybridized carbons (Fsp3) is 0.562. The second kappa shape index (κ2) is 5.94. The lowest BCUT2D eigenvalue weighted by molar-refractivity contribution is 0.0755. The van der Waals surface area contributed by atoms with E-state index in [1.54, 1.807) is 0 Å². The highest BCUT2D eigenvalue weighted by molar-refractivity contribution is 6.02. The van der Waals surface area contributed by atoms with Crippen molar-refractivity contribution in [3.63, 3.8) is 0 Å². The molecule has 1 aromatic carbocycles. The largest absolute Gasteiger partial charge is 0.378 e. The minimum Gasteiger partial charge on any atom is -0.378 e. The van der Waals surface area contributed by atoms with Gasteiger partial charge in [0, 0.05) is 24.3 Å². The van der Waals surface area contributed by atoms with Crippen molar-refractivity contribution >= 4 is 11.5 Å². The third-order valence-corrected chi connectivity index (χ3v) is 4.18. The molecule has 2 rings (SSSR count). The predicted molar refractivity (Wildman–Crippen MR) is 81.6 cm³/mol. The number of benzene rings is 1. The first-order valence-electron chi connectivity index (χ1n) is 7.08. The van der Waals surface area contributed by atoms with Gasteiger partial charge in [-0.1, -0.05) is 0 Å². The van der Waals surface area contributed by atoms with Gasteiger partial charge in [-0.15, -0.1) is 0 Å². The summed E-state index contributed by atoms with van der Waals surface area (Å²) in [6.45, 7) is 7.27. The average molecular weight is 276 g/mol. The molecule has 1 aromatic rings. The van der Waals surface area contributed by atoms with Gasteiger partial charge in [-0.3, -0.25) is 9.69 Å². The van der Waals surface area contributed by atoms with E-state index >= 15 is 0 Å². The van der Waals surface area contributed by atoms with Crippen molar-refractivity contribution in [1.29, 1.82) is 0 Å².